The zero-order valence-electron chi connectivity index (χ0n) is 15.4. The Labute approximate surface area is 172 Å². The summed E-state index contributed by atoms with van der Waals surface area (Å²) in [5, 5.41) is 8.04. The number of likely N-dealkylation sites (N-methyl/N-ethyl adjacent to an activating group) is 1. The second-order valence-electron chi connectivity index (χ2n) is 5.84. The van der Waals surface area contributed by atoms with Crippen LogP contribution in [0, 0.1) is 0 Å². The van der Waals surface area contributed by atoms with E-state index in [-0.39, 0.29) is 29.6 Å². The SMILES string of the molecule is CCNC(=NCC(C)(C)OC)NCCN(C)S(=O)(=O)c1cccs1.I. The van der Waals surface area contributed by atoms with E-state index in [1.165, 1.54) is 15.6 Å². The number of sulfonamides is 1. The van der Waals surface area contributed by atoms with E-state index >= 15 is 0 Å². The Kier molecular flexibility index (Phi) is 11.1. The van der Waals surface area contributed by atoms with Crippen LogP contribution >= 0.6 is 35.3 Å². The van der Waals surface area contributed by atoms with Crippen molar-refractivity contribution in [3.8, 4) is 0 Å². The molecule has 0 aromatic carbocycles. The van der Waals surface area contributed by atoms with E-state index in [2.05, 4.69) is 15.6 Å². The van der Waals surface area contributed by atoms with Gasteiger partial charge in [0.2, 0.25) is 0 Å². The van der Waals surface area contributed by atoms with Crippen molar-refractivity contribution in [2.75, 3.05) is 40.3 Å². The van der Waals surface area contributed by atoms with Gasteiger partial charge in [0.05, 0.1) is 12.1 Å². The van der Waals surface area contributed by atoms with Gasteiger partial charge in [0.1, 0.15) is 4.21 Å². The molecule has 0 bridgehead atoms. The molecule has 1 heterocycles. The standard InChI is InChI=1S/C15H28N4O3S2.HI/c1-6-16-14(18-12-15(2,3)22-5)17-9-10-19(4)24(20,21)13-8-7-11-23-13;/h7-8,11H,6,9-10,12H2,1-5H3,(H2,16,17,18);1H. The fourth-order valence-corrected chi connectivity index (χ4v) is 4.06. The van der Waals surface area contributed by atoms with Crippen molar-refractivity contribution in [2.24, 2.45) is 4.99 Å². The molecule has 2 N–H and O–H groups in total. The molecule has 25 heavy (non-hydrogen) atoms. The average Bonchev–Trinajstić information content (AvgIpc) is 3.07. The third kappa shape index (κ3) is 8.20. The zero-order chi connectivity index (χ0) is 18.2. The van der Waals surface area contributed by atoms with E-state index in [4.69, 9.17) is 4.74 Å². The van der Waals surface area contributed by atoms with Gasteiger partial charge in [0.15, 0.2) is 5.96 Å². The van der Waals surface area contributed by atoms with Crippen LogP contribution in [0.3, 0.4) is 0 Å². The van der Waals surface area contributed by atoms with Crippen LogP contribution < -0.4 is 10.6 Å². The highest BCUT2D eigenvalue weighted by atomic mass is 127. The molecule has 1 rings (SSSR count). The van der Waals surface area contributed by atoms with E-state index in [1.807, 2.05) is 20.8 Å². The highest BCUT2D eigenvalue weighted by molar-refractivity contribution is 14.0. The van der Waals surface area contributed by atoms with Crippen molar-refractivity contribution in [3.05, 3.63) is 17.5 Å². The number of nitrogens with zero attached hydrogens (tertiary/aromatic N) is 2. The molecule has 0 aliphatic rings. The lowest BCUT2D eigenvalue weighted by Gasteiger charge is -2.22. The van der Waals surface area contributed by atoms with E-state index in [0.717, 1.165) is 6.54 Å². The Morgan fingerprint density at radius 3 is 2.60 bits per heavy atom. The van der Waals surface area contributed by atoms with Crippen LogP contribution in [0.5, 0.6) is 0 Å². The molecule has 146 valence electrons. The van der Waals surface area contributed by atoms with Crippen LogP contribution in [0.2, 0.25) is 0 Å². The maximum atomic E-state index is 12.3. The van der Waals surface area contributed by atoms with E-state index < -0.39 is 10.0 Å². The summed E-state index contributed by atoms with van der Waals surface area (Å²) in [6.07, 6.45) is 0. The number of halogens is 1. The van der Waals surface area contributed by atoms with Gasteiger partial charge in [-0.25, -0.2) is 8.42 Å². The monoisotopic (exact) mass is 504 g/mol. The first-order valence-corrected chi connectivity index (χ1v) is 10.1. The van der Waals surface area contributed by atoms with Gasteiger partial charge in [0.25, 0.3) is 10.0 Å². The van der Waals surface area contributed by atoms with Gasteiger partial charge in [-0.1, -0.05) is 6.07 Å². The summed E-state index contributed by atoms with van der Waals surface area (Å²) in [6.45, 7) is 7.93. The molecule has 10 heteroatoms. The third-order valence-corrected chi connectivity index (χ3v) is 6.62. The second-order valence-corrected chi connectivity index (χ2v) is 9.06. The molecule has 7 nitrogen and oxygen atoms in total. The number of nitrogens with one attached hydrogen (secondary N) is 2. The molecule has 0 unspecified atom stereocenters. The number of aliphatic imine (C=N–C) groups is 1. The molecule has 0 fully saturated rings. The molecular formula is C15H29IN4O3S2. The molecule has 0 saturated carbocycles. The first-order chi connectivity index (χ1) is 11.2. The van der Waals surface area contributed by atoms with E-state index in [9.17, 15) is 8.42 Å². The Bertz CT molecular complexity index is 619. The van der Waals surface area contributed by atoms with Crippen LogP contribution in [-0.2, 0) is 14.8 Å². The summed E-state index contributed by atoms with van der Waals surface area (Å²) in [5.74, 6) is 0.643. The van der Waals surface area contributed by atoms with Crippen molar-refractivity contribution in [3.63, 3.8) is 0 Å². The lowest BCUT2D eigenvalue weighted by molar-refractivity contribution is 0.0310. The van der Waals surface area contributed by atoms with Gasteiger partial charge in [0, 0.05) is 33.8 Å². The number of thiophene rings is 1. The topological polar surface area (TPSA) is 83.0 Å². The van der Waals surface area contributed by atoms with Gasteiger partial charge in [-0.3, -0.25) is 4.99 Å². The van der Waals surface area contributed by atoms with Crippen LogP contribution in [-0.4, -0.2) is 64.6 Å². The summed E-state index contributed by atoms with van der Waals surface area (Å²) in [6, 6.07) is 3.35. The minimum absolute atomic E-state index is 0. The lowest BCUT2D eigenvalue weighted by Crippen LogP contribution is -2.42. The first kappa shape index (κ1) is 24.6. The van der Waals surface area contributed by atoms with Gasteiger partial charge in [-0.2, -0.15) is 4.31 Å². The minimum atomic E-state index is -3.41. The van der Waals surface area contributed by atoms with Crippen molar-refractivity contribution >= 4 is 51.3 Å². The largest absolute Gasteiger partial charge is 0.377 e. The number of hydrogen-bond donors (Lipinski definition) is 2. The van der Waals surface area contributed by atoms with E-state index in [0.29, 0.717) is 29.8 Å². The summed E-state index contributed by atoms with van der Waals surface area (Å²) in [4.78, 5) is 4.47. The molecule has 1 aromatic rings. The number of hydrogen-bond acceptors (Lipinski definition) is 5. The molecule has 0 spiro atoms. The number of ether oxygens (including phenoxy) is 1. The summed E-state index contributed by atoms with van der Waals surface area (Å²) >= 11 is 1.22. The van der Waals surface area contributed by atoms with Crippen LogP contribution in [0.1, 0.15) is 20.8 Å². The van der Waals surface area contributed by atoms with Gasteiger partial charge in [-0.05, 0) is 32.2 Å². The quantitative estimate of drug-likeness (QED) is 0.305. The fourth-order valence-electron chi connectivity index (χ4n) is 1.69. The van der Waals surface area contributed by atoms with Crippen molar-refractivity contribution in [1.82, 2.24) is 14.9 Å². The van der Waals surface area contributed by atoms with Crippen LogP contribution in [0.15, 0.2) is 26.7 Å². The smallest absolute Gasteiger partial charge is 0.252 e. The first-order valence-electron chi connectivity index (χ1n) is 7.80. The zero-order valence-corrected chi connectivity index (χ0v) is 19.4. The average molecular weight is 504 g/mol. The molecule has 0 radical (unpaired) electrons. The predicted molar refractivity (Wildman–Crippen MR) is 115 cm³/mol. The number of guanidine groups is 1. The second kappa shape index (κ2) is 11.3. The predicted octanol–water partition coefficient (Wildman–Crippen LogP) is 1.97. The number of rotatable bonds is 9. The maximum absolute atomic E-state index is 12.3. The van der Waals surface area contributed by atoms with Crippen LogP contribution in [0.25, 0.3) is 0 Å². The Balaban J connectivity index is 0.00000576. The highest BCUT2D eigenvalue weighted by Gasteiger charge is 2.21. The van der Waals surface area contributed by atoms with Crippen LogP contribution in [0.4, 0.5) is 0 Å². The molecule has 0 atom stereocenters. The fraction of sp³-hybridized carbons (Fsp3) is 0.667. The van der Waals surface area contributed by atoms with Gasteiger partial charge in [-0.15, -0.1) is 35.3 Å². The Morgan fingerprint density at radius 1 is 1.40 bits per heavy atom. The lowest BCUT2D eigenvalue weighted by atomic mass is 10.1. The van der Waals surface area contributed by atoms with Gasteiger partial charge >= 0.3 is 0 Å². The molecule has 1 aromatic heterocycles. The normalized spacial score (nSPS) is 12.8. The minimum Gasteiger partial charge on any atom is -0.377 e. The van der Waals surface area contributed by atoms with Crippen molar-refractivity contribution in [1.29, 1.82) is 0 Å². The third-order valence-electron chi connectivity index (χ3n) is 3.39. The summed E-state index contributed by atoms with van der Waals surface area (Å²) in [5.41, 5.74) is -0.346. The van der Waals surface area contributed by atoms with Crippen molar-refractivity contribution < 1.29 is 13.2 Å². The maximum Gasteiger partial charge on any atom is 0.252 e. The molecule has 0 aliphatic carbocycles. The molecule has 0 aliphatic heterocycles. The summed E-state index contributed by atoms with van der Waals surface area (Å²) in [7, 11) is -0.183. The van der Waals surface area contributed by atoms with E-state index in [1.54, 1.807) is 31.7 Å². The Hall–Kier alpha value is -0.430. The van der Waals surface area contributed by atoms with Gasteiger partial charge < -0.3 is 15.4 Å². The number of methoxy groups -OCH3 is 1. The molecular weight excluding hydrogens is 475 g/mol. The Morgan fingerprint density at radius 2 is 2.08 bits per heavy atom. The highest BCUT2D eigenvalue weighted by Crippen LogP contribution is 2.19. The summed E-state index contributed by atoms with van der Waals surface area (Å²) < 4.78 is 31.7. The molecule has 0 saturated heterocycles. The van der Waals surface area contributed by atoms with Crippen molar-refractivity contribution in [2.45, 2.75) is 30.6 Å². The molecule has 0 amide bonds.